The van der Waals surface area contributed by atoms with Crippen LogP contribution in [0.5, 0.6) is 11.5 Å². The Morgan fingerprint density at radius 3 is 2.36 bits per heavy atom. The number of amides is 2. The van der Waals surface area contributed by atoms with Crippen molar-refractivity contribution in [3.8, 4) is 11.5 Å². The van der Waals surface area contributed by atoms with Gasteiger partial charge in [0, 0.05) is 25.2 Å². The SMILES string of the molecule is COc1cc(NC(=O)N2CC(C)OC(C)C2)c(OC)cc1Cl. The summed E-state index contributed by atoms with van der Waals surface area (Å²) in [6.07, 6.45) is 0.0206. The zero-order valence-corrected chi connectivity index (χ0v) is 13.9. The summed E-state index contributed by atoms with van der Waals surface area (Å²) in [4.78, 5) is 14.2. The summed E-state index contributed by atoms with van der Waals surface area (Å²) < 4.78 is 16.1. The maximum absolute atomic E-state index is 12.4. The van der Waals surface area contributed by atoms with Gasteiger partial charge in [-0.1, -0.05) is 11.6 Å². The van der Waals surface area contributed by atoms with Crippen molar-refractivity contribution >= 4 is 23.3 Å². The number of halogens is 1. The number of nitrogens with zero attached hydrogens (tertiary/aromatic N) is 1. The number of rotatable bonds is 3. The second-order valence-corrected chi connectivity index (χ2v) is 5.69. The van der Waals surface area contributed by atoms with E-state index < -0.39 is 0 Å². The summed E-state index contributed by atoms with van der Waals surface area (Å²) in [5.41, 5.74) is 0.514. The number of morpholine rings is 1. The van der Waals surface area contributed by atoms with Gasteiger partial charge in [0.2, 0.25) is 0 Å². The van der Waals surface area contributed by atoms with E-state index in [-0.39, 0.29) is 18.2 Å². The molecule has 1 aliphatic rings. The molecule has 1 fully saturated rings. The van der Waals surface area contributed by atoms with E-state index in [0.29, 0.717) is 35.3 Å². The minimum atomic E-state index is -0.204. The minimum absolute atomic E-state index is 0.0103. The normalized spacial score (nSPS) is 21.4. The van der Waals surface area contributed by atoms with Crippen LogP contribution in [0.4, 0.5) is 10.5 Å². The Morgan fingerprint density at radius 2 is 1.82 bits per heavy atom. The number of nitrogens with one attached hydrogen (secondary N) is 1. The van der Waals surface area contributed by atoms with Crippen molar-refractivity contribution in [3.05, 3.63) is 17.2 Å². The predicted molar refractivity (Wildman–Crippen MR) is 85.2 cm³/mol. The van der Waals surface area contributed by atoms with Gasteiger partial charge in [-0.3, -0.25) is 0 Å². The van der Waals surface area contributed by atoms with Gasteiger partial charge in [0.05, 0.1) is 37.1 Å². The standard InChI is InChI=1S/C15H21ClN2O4/c1-9-7-18(8-10(2)22-9)15(19)17-12-6-13(20-3)11(16)5-14(12)21-4/h5-6,9-10H,7-8H2,1-4H3,(H,17,19). The molecule has 1 aliphatic heterocycles. The van der Waals surface area contributed by atoms with Crippen LogP contribution in [0.2, 0.25) is 5.02 Å². The minimum Gasteiger partial charge on any atom is -0.495 e. The van der Waals surface area contributed by atoms with Gasteiger partial charge in [-0.05, 0) is 13.8 Å². The van der Waals surface area contributed by atoms with Gasteiger partial charge in [-0.15, -0.1) is 0 Å². The molecule has 0 radical (unpaired) electrons. The van der Waals surface area contributed by atoms with Crippen molar-refractivity contribution < 1.29 is 19.0 Å². The number of anilines is 1. The molecule has 122 valence electrons. The number of carbonyl (C=O) groups excluding carboxylic acids is 1. The van der Waals surface area contributed by atoms with Crippen LogP contribution >= 0.6 is 11.6 Å². The Hall–Kier alpha value is -1.66. The molecule has 6 nitrogen and oxygen atoms in total. The first-order chi connectivity index (χ1) is 10.4. The summed E-state index contributed by atoms with van der Waals surface area (Å²) in [6, 6.07) is 3.05. The lowest BCUT2D eigenvalue weighted by molar-refractivity contribution is -0.0530. The van der Waals surface area contributed by atoms with E-state index in [1.54, 1.807) is 17.0 Å². The molecule has 1 saturated heterocycles. The molecule has 0 aromatic heterocycles. The van der Waals surface area contributed by atoms with E-state index in [1.165, 1.54) is 14.2 Å². The molecule has 1 aromatic rings. The Kier molecular flexibility index (Phi) is 5.37. The number of methoxy groups -OCH3 is 2. The molecule has 0 aliphatic carbocycles. The van der Waals surface area contributed by atoms with Crippen molar-refractivity contribution in [2.24, 2.45) is 0 Å². The Bertz CT molecular complexity index is 543. The average molecular weight is 329 g/mol. The second-order valence-electron chi connectivity index (χ2n) is 5.28. The molecular formula is C15H21ClN2O4. The van der Waals surface area contributed by atoms with Crippen LogP contribution in [0.15, 0.2) is 12.1 Å². The Balaban J connectivity index is 2.17. The molecule has 1 aromatic carbocycles. The maximum atomic E-state index is 12.4. The van der Waals surface area contributed by atoms with E-state index in [1.807, 2.05) is 13.8 Å². The van der Waals surface area contributed by atoms with Crippen LogP contribution in [0.3, 0.4) is 0 Å². The first-order valence-electron chi connectivity index (χ1n) is 7.07. The summed E-state index contributed by atoms with van der Waals surface area (Å²) in [5.74, 6) is 0.954. The highest BCUT2D eigenvalue weighted by Gasteiger charge is 2.26. The number of hydrogen-bond donors (Lipinski definition) is 1. The van der Waals surface area contributed by atoms with Crippen molar-refractivity contribution in [3.63, 3.8) is 0 Å². The Morgan fingerprint density at radius 1 is 1.23 bits per heavy atom. The van der Waals surface area contributed by atoms with Crippen LogP contribution in [-0.2, 0) is 4.74 Å². The quantitative estimate of drug-likeness (QED) is 0.926. The third-order valence-electron chi connectivity index (χ3n) is 3.42. The predicted octanol–water partition coefficient (Wildman–Crippen LogP) is 3.00. The van der Waals surface area contributed by atoms with E-state index in [9.17, 15) is 4.79 Å². The van der Waals surface area contributed by atoms with Gasteiger partial charge in [-0.2, -0.15) is 0 Å². The highest BCUT2D eigenvalue weighted by Crippen LogP contribution is 2.36. The van der Waals surface area contributed by atoms with Crippen molar-refractivity contribution in [2.75, 3.05) is 32.6 Å². The molecular weight excluding hydrogens is 308 g/mol. The largest absolute Gasteiger partial charge is 0.495 e. The summed E-state index contributed by atoms with van der Waals surface area (Å²) >= 11 is 6.06. The summed E-state index contributed by atoms with van der Waals surface area (Å²) in [5, 5.41) is 3.26. The molecule has 0 spiro atoms. The first-order valence-corrected chi connectivity index (χ1v) is 7.45. The molecule has 2 rings (SSSR count). The monoisotopic (exact) mass is 328 g/mol. The highest BCUT2D eigenvalue weighted by atomic mass is 35.5. The first kappa shape index (κ1) is 16.7. The van der Waals surface area contributed by atoms with Crippen molar-refractivity contribution in [1.82, 2.24) is 4.90 Å². The van der Waals surface area contributed by atoms with Crippen molar-refractivity contribution in [1.29, 1.82) is 0 Å². The molecule has 22 heavy (non-hydrogen) atoms. The third-order valence-corrected chi connectivity index (χ3v) is 3.72. The smallest absolute Gasteiger partial charge is 0.322 e. The number of ether oxygens (including phenoxy) is 3. The molecule has 7 heteroatoms. The topological polar surface area (TPSA) is 60.0 Å². The molecule has 2 amide bonds. The van der Waals surface area contributed by atoms with Crippen molar-refractivity contribution in [2.45, 2.75) is 26.1 Å². The van der Waals surface area contributed by atoms with Gasteiger partial charge in [0.1, 0.15) is 11.5 Å². The maximum Gasteiger partial charge on any atom is 0.322 e. The second kappa shape index (κ2) is 7.07. The molecule has 0 saturated carbocycles. The fourth-order valence-electron chi connectivity index (χ4n) is 2.50. The third kappa shape index (κ3) is 3.75. The lowest BCUT2D eigenvalue weighted by Crippen LogP contribution is -2.49. The van der Waals surface area contributed by atoms with Crippen LogP contribution in [0, 0.1) is 0 Å². The number of hydrogen-bond acceptors (Lipinski definition) is 4. The van der Waals surface area contributed by atoms with E-state index in [0.717, 1.165) is 0 Å². The molecule has 1 N–H and O–H groups in total. The van der Waals surface area contributed by atoms with E-state index >= 15 is 0 Å². The zero-order valence-electron chi connectivity index (χ0n) is 13.2. The van der Waals surface area contributed by atoms with E-state index in [4.69, 9.17) is 25.8 Å². The average Bonchev–Trinajstić information content (AvgIpc) is 2.47. The number of benzene rings is 1. The van der Waals surface area contributed by atoms with Crippen LogP contribution in [0.1, 0.15) is 13.8 Å². The van der Waals surface area contributed by atoms with Gasteiger partial charge in [0.15, 0.2) is 0 Å². The number of carbonyl (C=O) groups is 1. The summed E-state index contributed by atoms with van der Waals surface area (Å²) in [6.45, 7) is 4.98. The van der Waals surface area contributed by atoms with Crippen LogP contribution in [0.25, 0.3) is 0 Å². The van der Waals surface area contributed by atoms with Gasteiger partial charge >= 0.3 is 6.03 Å². The summed E-state index contributed by atoms with van der Waals surface area (Å²) in [7, 11) is 3.04. The number of urea groups is 1. The highest BCUT2D eigenvalue weighted by molar-refractivity contribution is 6.32. The van der Waals surface area contributed by atoms with E-state index in [2.05, 4.69) is 5.32 Å². The molecule has 2 unspecified atom stereocenters. The van der Waals surface area contributed by atoms with Crippen LogP contribution in [-0.4, -0.2) is 50.4 Å². The molecule has 1 heterocycles. The zero-order chi connectivity index (χ0) is 16.3. The fraction of sp³-hybridized carbons (Fsp3) is 0.533. The lowest BCUT2D eigenvalue weighted by Gasteiger charge is -2.35. The molecule has 2 atom stereocenters. The van der Waals surface area contributed by atoms with Gasteiger partial charge in [0.25, 0.3) is 0 Å². The van der Waals surface area contributed by atoms with Crippen LogP contribution < -0.4 is 14.8 Å². The fourth-order valence-corrected chi connectivity index (χ4v) is 2.73. The molecule has 0 bridgehead atoms. The van der Waals surface area contributed by atoms with Gasteiger partial charge < -0.3 is 24.4 Å². The Labute approximate surface area is 135 Å². The van der Waals surface area contributed by atoms with Gasteiger partial charge in [-0.25, -0.2) is 4.79 Å². The lowest BCUT2D eigenvalue weighted by atomic mass is 10.2.